The molecule has 20 heavy (non-hydrogen) atoms. The van der Waals surface area contributed by atoms with Crippen LogP contribution in [0, 0.1) is 0 Å². The predicted molar refractivity (Wildman–Crippen MR) is 77.5 cm³/mol. The van der Waals surface area contributed by atoms with Crippen LogP contribution in [0.25, 0.3) is 0 Å². The number of anilines is 1. The molecule has 0 fully saturated rings. The van der Waals surface area contributed by atoms with Gasteiger partial charge >= 0.3 is 0 Å². The van der Waals surface area contributed by atoms with Crippen LogP contribution >= 0.6 is 0 Å². The molecule has 0 amide bonds. The van der Waals surface area contributed by atoms with E-state index in [1.54, 1.807) is 7.05 Å². The predicted octanol–water partition coefficient (Wildman–Crippen LogP) is 1.04. The zero-order valence-corrected chi connectivity index (χ0v) is 12.3. The fraction of sp³-hybridized carbons (Fsp3) is 0.308. The first-order valence-corrected chi connectivity index (χ1v) is 7.77. The third kappa shape index (κ3) is 2.83. The van der Waals surface area contributed by atoms with Gasteiger partial charge < -0.3 is 10.3 Å². The van der Waals surface area contributed by atoms with Crippen LogP contribution in [0.5, 0.6) is 0 Å². The number of nitrogen functional groups attached to an aromatic ring is 1. The summed E-state index contributed by atoms with van der Waals surface area (Å²) in [6.45, 7) is 2.27. The number of imidazole rings is 1. The molecule has 0 saturated carbocycles. The van der Waals surface area contributed by atoms with E-state index in [9.17, 15) is 8.42 Å². The van der Waals surface area contributed by atoms with Crippen LogP contribution < -0.4 is 10.5 Å². The first kappa shape index (κ1) is 14.5. The lowest BCUT2D eigenvalue weighted by Crippen LogP contribution is -2.26. The molecule has 1 aromatic carbocycles. The van der Waals surface area contributed by atoms with Crippen LogP contribution in [0.2, 0.25) is 0 Å². The lowest BCUT2D eigenvalue weighted by Gasteiger charge is -2.10. The summed E-state index contributed by atoms with van der Waals surface area (Å²) in [7, 11) is -2.08. The normalized spacial score (nSPS) is 11.7. The fourth-order valence-electron chi connectivity index (χ4n) is 2.08. The number of aromatic nitrogens is 2. The standard InChI is InChI=1S/C13H18N4O2S/c1-3-10-6-4-5-7-11(10)8-16-20(18,19)13-12(14)15-9-17(13)2/h4-7,9,16H,3,8,14H2,1-2H3. The summed E-state index contributed by atoms with van der Waals surface area (Å²) in [6.07, 6.45) is 2.23. The topological polar surface area (TPSA) is 90.0 Å². The van der Waals surface area contributed by atoms with E-state index >= 15 is 0 Å². The van der Waals surface area contributed by atoms with Crippen molar-refractivity contribution in [3.05, 3.63) is 41.7 Å². The van der Waals surface area contributed by atoms with Gasteiger partial charge in [0.05, 0.1) is 6.33 Å². The summed E-state index contributed by atoms with van der Waals surface area (Å²) in [5.41, 5.74) is 7.68. The van der Waals surface area contributed by atoms with Crippen molar-refractivity contribution in [2.45, 2.75) is 24.9 Å². The van der Waals surface area contributed by atoms with Gasteiger partial charge in [-0.15, -0.1) is 0 Å². The Hall–Kier alpha value is -1.86. The molecule has 0 aliphatic rings. The number of hydrogen-bond acceptors (Lipinski definition) is 4. The van der Waals surface area contributed by atoms with E-state index in [1.807, 2.05) is 31.2 Å². The van der Waals surface area contributed by atoms with E-state index in [2.05, 4.69) is 9.71 Å². The summed E-state index contributed by atoms with van der Waals surface area (Å²) in [5, 5.41) is -0.00789. The lowest BCUT2D eigenvalue weighted by molar-refractivity contribution is 0.571. The average molecular weight is 294 g/mol. The smallest absolute Gasteiger partial charge is 0.260 e. The summed E-state index contributed by atoms with van der Waals surface area (Å²) in [4.78, 5) is 3.79. The molecule has 0 atom stereocenters. The second-order valence-corrected chi connectivity index (χ2v) is 6.17. The summed E-state index contributed by atoms with van der Waals surface area (Å²) in [5.74, 6) is 0.00350. The van der Waals surface area contributed by atoms with E-state index in [0.717, 1.165) is 17.5 Å². The quantitative estimate of drug-likeness (QED) is 0.862. The number of benzene rings is 1. The highest BCUT2D eigenvalue weighted by Crippen LogP contribution is 2.16. The zero-order chi connectivity index (χ0) is 14.8. The van der Waals surface area contributed by atoms with Crippen LogP contribution in [0.4, 0.5) is 5.82 Å². The Morgan fingerprint density at radius 2 is 1.95 bits per heavy atom. The minimum absolute atomic E-state index is 0.00350. The number of rotatable bonds is 5. The number of nitrogens with zero attached hydrogens (tertiary/aromatic N) is 2. The first-order chi connectivity index (χ1) is 9.45. The van der Waals surface area contributed by atoms with Crippen molar-refractivity contribution in [1.29, 1.82) is 0 Å². The van der Waals surface area contributed by atoms with E-state index in [0.29, 0.717) is 0 Å². The van der Waals surface area contributed by atoms with Crippen molar-refractivity contribution < 1.29 is 8.42 Å². The van der Waals surface area contributed by atoms with Gasteiger partial charge in [0.25, 0.3) is 10.0 Å². The fourth-order valence-corrected chi connectivity index (χ4v) is 3.32. The minimum atomic E-state index is -3.68. The van der Waals surface area contributed by atoms with Crippen LogP contribution in [0.15, 0.2) is 35.6 Å². The van der Waals surface area contributed by atoms with Gasteiger partial charge in [0.15, 0.2) is 10.8 Å². The van der Waals surface area contributed by atoms with Crippen molar-refractivity contribution >= 4 is 15.8 Å². The highest BCUT2D eigenvalue weighted by Gasteiger charge is 2.22. The van der Waals surface area contributed by atoms with Crippen LogP contribution in [-0.2, 0) is 30.0 Å². The lowest BCUT2D eigenvalue weighted by atomic mass is 10.1. The van der Waals surface area contributed by atoms with E-state index in [-0.39, 0.29) is 17.4 Å². The Morgan fingerprint density at radius 1 is 1.30 bits per heavy atom. The van der Waals surface area contributed by atoms with Gasteiger partial charge in [-0.25, -0.2) is 18.1 Å². The van der Waals surface area contributed by atoms with E-state index < -0.39 is 10.0 Å². The van der Waals surface area contributed by atoms with Gasteiger partial charge in [-0.2, -0.15) is 0 Å². The van der Waals surface area contributed by atoms with Gasteiger partial charge in [0, 0.05) is 13.6 Å². The minimum Gasteiger partial charge on any atom is -0.381 e. The SMILES string of the molecule is CCc1ccccc1CNS(=O)(=O)c1c(N)ncn1C. The van der Waals surface area contributed by atoms with Crippen molar-refractivity contribution in [2.75, 3.05) is 5.73 Å². The summed E-state index contributed by atoms with van der Waals surface area (Å²) < 4.78 is 28.5. The van der Waals surface area contributed by atoms with E-state index in [1.165, 1.54) is 10.9 Å². The van der Waals surface area contributed by atoms with Crippen LogP contribution in [0.3, 0.4) is 0 Å². The van der Waals surface area contributed by atoms with Crippen molar-refractivity contribution in [3.63, 3.8) is 0 Å². The molecule has 0 spiro atoms. The number of hydrogen-bond donors (Lipinski definition) is 2. The number of sulfonamides is 1. The maximum Gasteiger partial charge on any atom is 0.260 e. The Kier molecular flexibility index (Phi) is 4.10. The molecule has 0 bridgehead atoms. The third-order valence-corrected chi connectivity index (χ3v) is 4.65. The van der Waals surface area contributed by atoms with Crippen molar-refractivity contribution in [2.24, 2.45) is 7.05 Å². The molecular weight excluding hydrogens is 276 g/mol. The van der Waals surface area contributed by atoms with Crippen LogP contribution in [0.1, 0.15) is 18.1 Å². The molecular formula is C13H18N4O2S. The van der Waals surface area contributed by atoms with Gasteiger partial charge in [-0.3, -0.25) is 0 Å². The third-order valence-electron chi connectivity index (χ3n) is 3.12. The molecule has 3 N–H and O–H groups in total. The Balaban J connectivity index is 2.22. The summed E-state index contributed by atoms with van der Waals surface area (Å²) in [6, 6.07) is 7.73. The summed E-state index contributed by atoms with van der Waals surface area (Å²) >= 11 is 0. The largest absolute Gasteiger partial charge is 0.381 e. The molecule has 0 aliphatic carbocycles. The molecule has 1 aromatic heterocycles. The molecule has 0 unspecified atom stereocenters. The Labute approximate surface area is 118 Å². The molecule has 2 aromatic rings. The number of nitrogens with two attached hydrogens (primary N) is 1. The molecule has 6 nitrogen and oxygen atoms in total. The van der Waals surface area contributed by atoms with Gasteiger partial charge in [-0.05, 0) is 17.5 Å². The molecule has 0 saturated heterocycles. The number of nitrogens with one attached hydrogen (secondary N) is 1. The molecule has 0 radical (unpaired) electrons. The molecule has 0 aliphatic heterocycles. The second-order valence-electron chi connectivity index (χ2n) is 4.49. The Morgan fingerprint density at radius 3 is 2.50 bits per heavy atom. The maximum absolute atomic E-state index is 12.3. The van der Waals surface area contributed by atoms with E-state index in [4.69, 9.17) is 5.73 Å². The zero-order valence-electron chi connectivity index (χ0n) is 11.5. The first-order valence-electron chi connectivity index (χ1n) is 6.29. The highest BCUT2D eigenvalue weighted by molar-refractivity contribution is 7.89. The van der Waals surface area contributed by atoms with Crippen molar-refractivity contribution in [3.8, 4) is 0 Å². The molecule has 2 rings (SSSR count). The number of aryl methyl sites for hydroxylation is 2. The maximum atomic E-state index is 12.3. The monoisotopic (exact) mass is 294 g/mol. The van der Waals surface area contributed by atoms with Crippen LogP contribution in [-0.4, -0.2) is 18.0 Å². The van der Waals surface area contributed by atoms with Gasteiger partial charge in [0.1, 0.15) is 0 Å². The van der Waals surface area contributed by atoms with Crippen molar-refractivity contribution in [1.82, 2.24) is 14.3 Å². The van der Waals surface area contributed by atoms with Gasteiger partial charge in [0.2, 0.25) is 0 Å². The second kappa shape index (κ2) is 5.64. The highest BCUT2D eigenvalue weighted by atomic mass is 32.2. The molecule has 108 valence electrons. The van der Waals surface area contributed by atoms with Gasteiger partial charge in [-0.1, -0.05) is 31.2 Å². The molecule has 7 heteroatoms. The Bertz CT molecular complexity index is 687. The molecule has 1 heterocycles. The average Bonchev–Trinajstić information content (AvgIpc) is 2.77.